The molecule has 0 aliphatic rings. The SMILES string of the molecule is C=c1[nH]n(-c2ccc(S(=O)(=O)O)cc2)c(=O)/c1=C\c1ccc(Br)cc1. The predicted octanol–water partition coefficient (Wildman–Crippen LogP) is 1.41. The standard InChI is InChI=1S/C17H13BrN2O4S/c1-11-16(10-12-2-4-13(18)5-3-12)17(21)20(19-11)14-6-8-15(9-7-14)25(22,23)24/h2-10,19H,1H2,(H,22,23,24)/b16-10-. The first-order valence-corrected chi connectivity index (χ1v) is 9.34. The topological polar surface area (TPSA) is 92.2 Å². The molecule has 6 nitrogen and oxygen atoms in total. The van der Waals surface area contributed by atoms with Gasteiger partial charge in [0, 0.05) is 4.47 Å². The van der Waals surface area contributed by atoms with Gasteiger partial charge in [-0.3, -0.25) is 14.4 Å². The Morgan fingerprint density at radius 2 is 1.68 bits per heavy atom. The van der Waals surface area contributed by atoms with Gasteiger partial charge in [0.15, 0.2) is 0 Å². The van der Waals surface area contributed by atoms with E-state index in [0.717, 1.165) is 10.0 Å². The number of halogens is 1. The Labute approximate surface area is 151 Å². The Morgan fingerprint density at radius 3 is 2.24 bits per heavy atom. The number of nitrogens with one attached hydrogen (secondary N) is 1. The molecule has 8 heteroatoms. The highest BCUT2D eigenvalue weighted by atomic mass is 79.9. The van der Waals surface area contributed by atoms with Crippen molar-refractivity contribution in [3.63, 3.8) is 0 Å². The molecule has 0 radical (unpaired) electrons. The van der Waals surface area contributed by atoms with Gasteiger partial charge in [-0.25, -0.2) is 4.68 Å². The predicted molar refractivity (Wildman–Crippen MR) is 98.7 cm³/mol. The minimum atomic E-state index is -4.28. The van der Waals surface area contributed by atoms with Gasteiger partial charge >= 0.3 is 0 Å². The van der Waals surface area contributed by atoms with Crippen LogP contribution in [0.4, 0.5) is 0 Å². The molecular formula is C17H13BrN2O4S. The number of H-pyrrole nitrogens is 1. The van der Waals surface area contributed by atoms with E-state index in [4.69, 9.17) is 4.55 Å². The summed E-state index contributed by atoms with van der Waals surface area (Å²) in [5.74, 6) is 0. The van der Waals surface area contributed by atoms with E-state index in [9.17, 15) is 13.2 Å². The maximum atomic E-state index is 12.6. The van der Waals surface area contributed by atoms with Gasteiger partial charge in [0.2, 0.25) is 0 Å². The van der Waals surface area contributed by atoms with E-state index < -0.39 is 10.1 Å². The number of hydrogen-bond acceptors (Lipinski definition) is 3. The van der Waals surface area contributed by atoms with Crippen LogP contribution in [0.1, 0.15) is 5.56 Å². The fraction of sp³-hybridized carbons (Fsp3) is 0. The molecule has 0 aliphatic heterocycles. The van der Waals surface area contributed by atoms with Gasteiger partial charge in [-0.1, -0.05) is 34.6 Å². The van der Waals surface area contributed by atoms with Crippen molar-refractivity contribution in [2.24, 2.45) is 0 Å². The van der Waals surface area contributed by atoms with Gasteiger partial charge in [0.25, 0.3) is 15.7 Å². The lowest BCUT2D eigenvalue weighted by molar-refractivity contribution is 0.483. The Bertz CT molecular complexity index is 1190. The van der Waals surface area contributed by atoms with Crippen molar-refractivity contribution in [2.75, 3.05) is 0 Å². The van der Waals surface area contributed by atoms with Gasteiger partial charge in [0.05, 0.1) is 21.2 Å². The molecule has 25 heavy (non-hydrogen) atoms. The zero-order chi connectivity index (χ0) is 18.2. The summed E-state index contributed by atoms with van der Waals surface area (Å²) in [4.78, 5) is 12.4. The van der Waals surface area contributed by atoms with Crippen LogP contribution in [0.15, 0.2) is 62.7 Å². The average Bonchev–Trinajstić information content (AvgIpc) is 2.84. The van der Waals surface area contributed by atoms with Gasteiger partial charge < -0.3 is 0 Å². The van der Waals surface area contributed by atoms with Crippen LogP contribution in [-0.4, -0.2) is 22.8 Å². The third-order valence-electron chi connectivity index (χ3n) is 3.58. The van der Waals surface area contributed by atoms with Crippen LogP contribution < -0.4 is 16.1 Å². The molecule has 0 saturated carbocycles. The molecule has 1 aromatic heterocycles. The summed E-state index contributed by atoms with van der Waals surface area (Å²) in [6.45, 7) is 3.85. The third kappa shape index (κ3) is 3.65. The van der Waals surface area contributed by atoms with E-state index in [2.05, 4.69) is 27.6 Å². The van der Waals surface area contributed by atoms with Crippen molar-refractivity contribution >= 4 is 38.7 Å². The smallest absolute Gasteiger partial charge is 0.291 e. The fourth-order valence-corrected chi connectivity index (χ4v) is 3.06. The van der Waals surface area contributed by atoms with Crippen molar-refractivity contribution in [2.45, 2.75) is 4.90 Å². The number of benzene rings is 2. The molecule has 0 saturated heterocycles. The maximum absolute atomic E-state index is 12.6. The monoisotopic (exact) mass is 420 g/mol. The summed E-state index contributed by atoms with van der Waals surface area (Å²) in [7, 11) is -4.28. The second kappa shape index (κ2) is 6.47. The van der Waals surface area contributed by atoms with Gasteiger partial charge in [-0.05, 0) is 48.0 Å². The van der Waals surface area contributed by atoms with Crippen molar-refractivity contribution in [1.29, 1.82) is 0 Å². The third-order valence-corrected chi connectivity index (χ3v) is 4.98. The van der Waals surface area contributed by atoms with Crippen molar-refractivity contribution in [3.05, 3.63) is 79.5 Å². The number of hydrogen-bond donors (Lipinski definition) is 2. The Morgan fingerprint density at radius 1 is 1.08 bits per heavy atom. The zero-order valence-electron chi connectivity index (χ0n) is 12.8. The summed E-state index contributed by atoms with van der Waals surface area (Å²) in [6, 6.07) is 12.7. The summed E-state index contributed by atoms with van der Waals surface area (Å²) in [5.41, 5.74) is 0.961. The molecule has 128 valence electrons. The maximum Gasteiger partial charge on any atom is 0.294 e. The molecule has 2 aromatic carbocycles. The number of aromatic amines is 1. The molecule has 0 spiro atoms. The van der Waals surface area contributed by atoms with Crippen LogP contribution in [0.2, 0.25) is 0 Å². The van der Waals surface area contributed by atoms with Gasteiger partial charge in [0.1, 0.15) is 0 Å². The largest absolute Gasteiger partial charge is 0.294 e. The quantitative estimate of drug-likeness (QED) is 0.626. The molecule has 0 bridgehead atoms. The van der Waals surface area contributed by atoms with Crippen molar-refractivity contribution < 1.29 is 13.0 Å². The summed E-state index contributed by atoms with van der Waals surface area (Å²) >= 11 is 3.36. The van der Waals surface area contributed by atoms with E-state index in [1.165, 1.54) is 28.9 Å². The Balaban J connectivity index is 2.10. The lowest BCUT2D eigenvalue weighted by Gasteiger charge is -2.02. The molecular weight excluding hydrogens is 408 g/mol. The lowest BCUT2D eigenvalue weighted by atomic mass is 10.2. The van der Waals surface area contributed by atoms with Crippen molar-refractivity contribution in [3.8, 4) is 5.69 Å². The highest BCUT2D eigenvalue weighted by Crippen LogP contribution is 2.12. The van der Waals surface area contributed by atoms with Crippen LogP contribution in [0.5, 0.6) is 0 Å². The molecule has 0 atom stereocenters. The highest BCUT2D eigenvalue weighted by Gasteiger charge is 2.10. The minimum Gasteiger partial charge on any atom is -0.291 e. The molecule has 0 aliphatic carbocycles. The normalized spacial score (nSPS) is 12.5. The van der Waals surface area contributed by atoms with Crippen molar-refractivity contribution in [1.82, 2.24) is 9.78 Å². The first kappa shape index (κ1) is 17.4. The minimum absolute atomic E-state index is 0.243. The van der Waals surface area contributed by atoms with Crippen LogP contribution in [0.3, 0.4) is 0 Å². The lowest BCUT2D eigenvalue weighted by Crippen LogP contribution is -2.33. The van der Waals surface area contributed by atoms with E-state index >= 15 is 0 Å². The molecule has 0 fully saturated rings. The summed E-state index contributed by atoms with van der Waals surface area (Å²) < 4.78 is 33.4. The first-order valence-electron chi connectivity index (χ1n) is 7.11. The average molecular weight is 421 g/mol. The fourth-order valence-electron chi connectivity index (χ4n) is 2.32. The number of rotatable bonds is 3. The van der Waals surface area contributed by atoms with Crippen LogP contribution >= 0.6 is 15.9 Å². The Kier molecular flexibility index (Phi) is 4.51. The van der Waals surface area contributed by atoms with E-state index in [1.807, 2.05) is 24.3 Å². The first-order chi connectivity index (χ1) is 11.8. The molecule has 1 heterocycles. The Hall–Kier alpha value is -2.42. The number of aromatic nitrogens is 2. The van der Waals surface area contributed by atoms with Gasteiger partial charge in [-0.2, -0.15) is 8.42 Å². The van der Waals surface area contributed by atoms with E-state index in [-0.39, 0.29) is 10.5 Å². The molecule has 0 unspecified atom stereocenters. The zero-order valence-corrected chi connectivity index (χ0v) is 15.2. The van der Waals surface area contributed by atoms with Crippen LogP contribution in [-0.2, 0) is 10.1 Å². The van der Waals surface area contributed by atoms with Gasteiger partial charge in [-0.15, -0.1) is 0 Å². The second-order valence-corrected chi connectivity index (χ2v) is 7.65. The molecule has 2 N–H and O–H groups in total. The van der Waals surface area contributed by atoms with Crippen LogP contribution in [0.25, 0.3) is 18.3 Å². The second-order valence-electron chi connectivity index (χ2n) is 5.31. The summed E-state index contributed by atoms with van der Waals surface area (Å²) in [5, 5.41) is 3.70. The molecule has 0 amide bonds. The van der Waals surface area contributed by atoms with Crippen LogP contribution in [0, 0.1) is 0 Å². The molecule has 3 rings (SSSR count). The summed E-state index contributed by atoms with van der Waals surface area (Å²) in [6.07, 6.45) is 1.72. The highest BCUT2D eigenvalue weighted by molar-refractivity contribution is 9.10. The van der Waals surface area contributed by atoms with E-state index in [1.54, 1.807) is 6.08 Å². The molecule has 3 aromatic rings. The van der Waals surface area contributed by atoms with E-state index in [0.29, 0.717) is 16.3 Å². The number of nitrogens with zero attached hydrogens (tertiary/aromatic N) is 1.